The van der Waals surface area contributed by atoms with Gasteiger partial charge in [-0.15, -0.1) is 0 Å². The Morgan fingerprint density at radius 3 is 2.57 bits per heavy atom. The zero-order chi connectivity index (χ0) is 17.2. The van der Waals surface area contributed by atoms with Gasteiger partial charge < -0.3 is 10.2 Å². The zero-order valence-corrected chi connectivity index (χ0v) is 14.8. The number of carbonyl (C=O) groups is 2. The number of nitrogens with zero attached hydrogens (tertiary/aromatic N) is 1. The van der Waals surface area contributed by atoms with Gasteiger partial charge in [-0.05, 0) is 29.9 Å². The smallest absolute Gasteiger partial charge is 0.222 e. The van der Waals surface area contributed by atoms with Crippen molar-refractivity contribution in [1.29, 1.82) is 0 Å². The molecule has 0 aliphatic carbocycles. The van der Waals surface area contributed by atoms with Gasteiger partial charge in [-0.2, -0.15) is 0 Å². The monoisotopic (exact) mass is 316 g/mol. The lowest BCUT2D eigenvalue weighted by Crippen LogP contribution is -2.45. The summed E-state index contributed by atoms with van der Waals surface area (Å²) in [6, 6.07) is 8.04. The minimum Gasteiger partial charge on any atom is -0.353 e. The highest BCUT2D eigenvalue weighted by Gasteiger charge is 2.31. The van der Waals surface area contributed by atoms with Crippen LogP contribution in [0.3, 0.4) is 0 Å². The maximum absolute atomic E-state index is 12.5. The first-order valence-electron chi connectivity index (χ1n) is 8.34. The summed E-state index contributed by atoms with van der Waals surface area (Å²) < 4.78 is 0. The van der Waals surface area contributed by atoms with E-state index in [-0.39, 0.29) is 29.3 Å². The van der Waals surface area contributed by atoms with E-state index in [1.54, 1.807) is 6.92 Å². The summed E-state index contributed by atoms with van der Waals surface area (Å²) in [5.41, 5.74) is 2.36. The minimum absolute atomic E-state index is 0.000350. The van der Waals surface area contributed by atoms with Crippen LogP contribution in [0.5, 0.6) is 0 Å². The maximum atomic E-state index is 12.5. The minimum atomic E-state index is -0.162. The Hall–Kier alpha value is -1.84. The van der Waals surface area contributed by atoms with Gasteiger partial charge in [0.1, 0.15) is 0 Å². The van der Waals surface area contributed by atoms with E-state index in [4.69, 9.17) is 0 Å². The highest BCUT2D eigenvalue weighted by Crippen LogP contribution is 2.32. The van der Waals surface area contributed by atoms with Gasteiger partial charge in [0.2, 0.25) is 11.8 Å². The van der Waals surface area contributed by atoms with Crippen LogP contribution in [0.2, 0.25) is 0 Å². The number of carbonyl (C=O) groups excluding carboxylic acids is 2. The van der Waals surface area contributed by atoms with Crippen molar-refractivity contribution in [3.8, 4) is 0 Å². The van der Waals surface area contributed by atoms with E-state index in [1.807, 2.05) is 30.0 Å². The van der Waals surface area contributed by atoms with Crippen LogP contribution in [-0.2, 0) is 16.0 Å². The maximum Gasteiger partial charge on any atom is 0.222 e. The number of amides is 2. The largest absolute Gasteiger partial charge is 0.353 e. The molecule has 1 aliphatic rings. The van der Waals surface area contributed by atoms with Gasteiger partial charge in [-0.3, -0.25) is 9.59 Å². The fourth-order valence-corrected chi connectivity index (χ4v) is 2.94. The Kier molecular flexibility index (Phi) is 5.12. The molecule has 0 saturated carbocycles. The van der Waals surface area contributed by atoms with Crippen molar-refractivity contribution in [2.24, 2.45) is 5.41 Å². The van der Waals surface area contributed by atoms with E-state index < -0.39 is 0 Å². The molecular weight excluding hydrogens is 288 g/mol. The number of nitrogens with one attached hydrogen (secondary N) is 1. The van der Waals surface area contributed by atoms with Crippen molar-refractivity contribution < 1.29 is 9.59 Å². The normalized spacial score (nSPS) is 19.0. The molecule has 0 radical (unpaired) electrons. The zero-order valence-electron chi connectivity index (χ0n) is 14.8. The summed E-state index contributed by atoms with van der Waals surface area (Å²) in [6.45, 7) is 10.6. The van der Waals surface area contributed by atoms with Crippen LogP contribution in [-0.4, -0.2) is 29.3 Å². The average Bonchev–Trinajstić information content (AvgIpc) is 2.46. The van der Waals surface area contributed by atoms with Gasteiger partial charge in [0.25, 0.3) is 0 Å². The lowest BCUT2D eigenvalue weighted by atomic mass is 9.87. The summed E-state index contributed by atoms with van der Waals surface area (Å²) in [6.07, 6.45) is 1.17. The second-order valence-electron chi connectivity index (χ2n) is 7.54. The molecule has 126 valence electrons. The van der Waals surface area contributed by atoms with Gasteiger partial charge in [0.15, 0.2) is 0 Å². The summed E-state index contributed by atoms with van der Waals surface area (Å²) >= 11 is 0. The fourth-order valence-electron chi connectivity index (χ4n) is 2.94. The van der Waals surface area contributed by atoms with Crippen LogP contribution >= 0.6 is 0 Å². The van der Waals surface area contributed by atoms with Crippen molar-refractivity contribution in [3.05, 3.63) is 35.4 Å². The number of hydrogen-bond donors (Lipinski definition) is 1. The van der Waals surface area contributed by atoms with Crippen LogP contribution in [0.25, 0.3) is 0 Å². The van der Waals surface area contributed by atoms with Gasteiger partial charge in [-0.1, -0.05) is 45.0 Å². The Balaban J connectivity index is 2.18. The Morgan fingerprint density at radius 1 is 1.30 bits per heavy atom. The molecule has 23 heavy (non-hydrogen) atoms. The van der Waals surface area contributed by atoms with E-state index >= 15 is 0 Å². The van der Waals surface area contributed by atoms with Crippen LogP contribution in [0.15, 0.2) is 24.3 Å². The predicted octanol–water partition coefficient (Wildman–Crippen LogP) is 3.07. The Bertz CT molecular complexity index is 589. The highest BCUT2D eigenvalue weighted by atomic mass is 16.2. The van der Waals surface area contributed by atoms with Crippen molar-refractivity contribution in [3.63, 3.8) is 0 Å². The molecular formula is C19H28N2O2. The van der Waals surface area contributed by atoms with Crippen LogP contribution in [0.1, 0.15) is 58.2 Å². The highest BCUT2D eigenvalue weighted by molar-refractivity contribution is 5.80. The molecule has 0 unspecified atom stereocenters. The molecule has 2 atom stereocenters. The third-order valence-electron chi connectivity index (χ3n) is 4.87. The van der Waals surface area contributed by atoms with Gasteiger partial charge in [0, 0.05) is 19.5 Å². The molecule has 1 aromatic carbocycles. The number of fused-ring (bicyclic) bond motifs is 1. The summed E-state index contributed by atoms with van der Waals surface area (Å²) in [4.78, 5) is 26.3. The van der Waals surface area contributed by atoms with Crippen molar-refractivity contribution in [1.82, 2.24) is 10.2 Å². The lowest BCUT2D eigenvalue weighted by Gasteiger charge is -2.37. The molecule has 1 aliphatic heterocycles. The van der Waals surface area contributed by atoms with Gasteiger partial charge in [0.05, 0.1) is 12.5 Å². The Morgan fingerprint density at radius 2 is 1.96 bits per heavy atom. The molecule has 1 heterocycles. The van der Waals surface area contributed by atoms with Crippen LogP contribution < -0.4 is 5.32 Å². The van der Waals surface area contributed by atoms with Crippen molar-refractivity contribution >= 4 is 11.8 Å². The molecule has 2 rings (SSSR count). The molecule has 1 N–H and O–H groups in total. The molecule has 1 aromatic rings. The molecule has 0 bridgehead atoms. The molecule has 0 spiro atoms. The summed E-state index contributed by atoms with van der Waals surface area (Å²) in [5.74, 6) is 0.0292. The first-order valence-corrected chi connectivity index (χ1v) is 8.34. The van der Waals surface area contributed by atoms with E-state index in [2.05, 4.69) is 32.2 Å². The molecule has 2 amide bonds. The SMILES string of the molecule is CC(=O)N1CCc2ccccc2[C@@H]1CC(=O)N[C@H](C)C(C)(C)C. The summed E-state index contributed by atoms with van der Waals surface area (Å²) in [5, 5.41) is 3.08. The van der Waals surface area contributed by atoms with E-state index in [9.17, 15) is 9.59 Å². The number of hydrogen-bond acceptors (Lipinski definition) is 2. The third-order valence-corrected chi connectivity index (χ3v) is 4.87. The third kappa shape index (κ3) is 4.12. The molecule has 0 saturated heterocycles. The van der Waals surface area contributed by atoms with E-state index in [1.165, 1.54) is 5.56 Å². The average molecular weight is 316 g/mol. The topological polar surface area (TPSA) is 49.4 Å². The quantitative estimate of drug-likeness (QED) is 0.931. The molecule has 0 fully saturated rings. The van der Waals surface area contributed by atoms with Crippen molar-refractivity contribution in [2.45, 2.75) is 59.5 Å². The second-order valence-corrected chi connectivity index (χ2v) is 7.54. The first kappa shape index (κ1) is 17.5. The lowest BCUT2D eigenvalue weighted by molar-refractivity contribution is -0.133. The molecule has 4 heteroatoms. The van der Waals surface area contributed by atoms with E-state index in [0.29, 0.717) is 13.0 Å². The number of rotatable bonds is 3. The van der Waals surface area contributed by atoms with E-state index in [0.717, 1.165) is 12.0 Å². The van der Waals surface area contributed by atoms with Crippen LogP contribution in [0, 0.1) is 5.41 Å². The standard InChI is InChI=1S/C19H28N2O2/c1-13(19(3,4)5)20-18(23)12-17-16-9-7-6-8-15(16)10-11-21(17)14(2)22/h6-9,13,17H,10-12H2,1-5H3,(H,20,23)/t13-,17+/m1/s1. The van der Waals surface area contributed by atoms with Crippen molar-refractivity contribution in [2.75, 3.05) is 6.54 Å². The van der Waals surface area contributed by atoms with Gasteiger partial charge in [-0.25, -0.2) is 0 Å². The molecule has 4 nitrogen and oxygen atoms in total. The first-order chi connectivity index (χ1) is 10.7. The van der Waals surface area contributed by atoms with Crippen LogP contribution in [0.4, 0.5) is 0 Å². The Labute approximate surface area is 139 Å². The summed E-state index contributed by atoms with van der Waals surface area (Å²) in [7, 11) is 0. The number of benzene rings is 1. The second kappa shape index (κ2) is 6.73. The van der Waals surface area contributed by atoms with Gasteiger partial charge >= 0.3 is 0 Å². The fraction of sp³-hybridized carbons (Fsp3) is 0.579. The predicted molar refractivity (Wildman–Crippen MR) is 92.0 cm³/mol. The molecule has 0 aromatic heterocycles.